The van der Waals surface area contributed by atoms with E-state index in [0.29, 0.717) is 13.1 Å². The summed E-state index contributed by atoms with van der Waals surface area (Å²) in [5.74, 6) is 2.63. The van der Waals surface area contributed by atoms with Gasteiger partial charge in [-0.2, -0.15) is 0 Å². The molecule has 0 fully saturated rings. The zero-order valence-electron chi connectivity index (χ0n) is 12.1. The van der Waals surface area contributed by atoms with E-state index in [0.717, 1.165) is 33.4 Å². The normalized spacial score (nSPS) is 10.5. The Bertz CT molecular complexity index is 720. The summed E-state index contributed by atoms with van der Waals surface area (Å²) < 4.78 is 11.1. The SMILES string of the molecule is Cc1c(Cl)cccc1-c1ccc(CNCc2ccco2)o1.Cl. The van der Waals surface area contributed by atoms with Gasteiger partial charge in [-0.15, -0.1) is 12.4 Å². The van der Waals surface area contributed by atoms with Gasteiger partial charge in [0, 0.05) is 10.6 Å². The molecule has 22 heavy (non-hydrogen) atoms. The highest BCUT2D eigenvalue weighted by Crippen LogP contribution is 2.29. The Hall–Kier alpha value is -1.68. The molecule has 0 aliphatic carbocycles. The van der Waals surface area contributed by atoms with Crippen LogP contribution < -0.4 is 5.32 Å². The molecule has 5 heteroatoms. The van der Waals surface area contributed by atoms with Crippen molar-refractivity contribution in [2.45, 2.75) is 20.0 Å². The third-order valence-electron chi connectivity index (χ3n) is 3.37. The molecule has 0 atom stereocenters. The minimum Gasteiger partial charge on any atom is -0.468 e. The molecule has 3 rings (SSSR count). The Morgan fingerprint density at radius 2 is 1.82 bits per heavy atom. The van der Waals surface area contributed by atoms with Gasteiger partial charge in [-0.25, -0.2) is 0 Å². The number of halogens is 2. The summed E-state index contributed by atoms with van der Waals surface area (Å²) in [7, 11) is 0. The molecule has 0 unspecified atom stereocenters. The Kier molecular flexibility index (Phi) is 5.72. The van der Waals surface area contributed by atoms with Crippen molar-refractivity contribution in [2.75, 3.05) is 0 Å². The van der Waals surface area contributed by atoms with Gasteiger partial charge in [0.15, 0.2) is 0 Å². The fourth-order valence-corrected chi connectivity index (χ4v) is 2.39. The first-order valence-electron chi connectivity index (χ1n) is 6.81. The summed E-state index contributed by atoms with van der Waals surface area (Å²) in [4.78, 5) is 0. The molecule has 1 N–H and O–H groups in total. The van der Waals surface area contributed by atoms with Crippen LogP contribution >= 0.6 is 24.0 Å². The van der Waals surface area contributed by atoms with Crippen molar-refractivity contribution in [3.05, 3.63) is 70.8 Å². The molecule has 3 aromatic rings. The highest BCUT2D eigenvalue weighted by molar-refractivity contribution is 6.31. The van der Waals surface area contributed by atoms with Crippen molar-refractivity contribution < 1.29 is 8.83 Å². The third-order valence-corrected chi connectivity index (χ3v) is 3.78. The minimum atomic E-state index is 0. The van der Waals surface area contributed by atoms with Crippen LogP contribution in [0, 0.1) is 6.92 Å². The number of nitrogens with one attached hydrogen (secondary N) is 1. The van der Waals surface area contributed by atoms with Gasteiger partial charge in [0.05, 0.1) is 19.4 Å². The number of rotatable bonds is 5. The molecule has 3 nitrogen and oxygen atoms in total. The number of hydrogen-bond acceptors (Lipinski definition) is 3. The van der Waals surface area contributed by atoms with Crippen molar-refractivity contribution in [2.24, 2.45) is 0 Å². The first-order chi connectivity index (χ1) is 10.2. The number of furan rings is 2. The third kappa shape index (κ3) is 3.74. The molecule has 1 aromatic carbocycles. The molecule has 0 aliphatic heterocycles. The van der Waals surface area contributed by atoms with Crippen molar-refractivity contribution in [3.63, 3.8) is 0 Å². The summed E-state index contributed by atoms with van der Waals surface area (Å²) in [6.07, 6.45) is 1.67. The van der Waals surface area contributed by atoms with E-state index in [4.69, 9.17) is 20.4 Å². The molecule has 0 aliphatic rings. The summed E-state index contributed by atoms with van der Waals surface area (Å²) in [5.41, 5.74) is 2.06. The first kappa shape index (κ1) is 16.7. The quantitative estimate of drug-likeness (QED) is 0.694. The highest BCUT2D eigenvalue weighted by Gasteiger charge is 2.09. The Balaban J connectivity index is 0.00000176. The summed E-state index contributed by atoms with van der Waals surface area (Å²) in [6, 6.07) is 13.6. The topological polar surface area (TPSA) is 38.3 Å². The van der Waals surface area contributed by atoms with Crippen LogP contribution in [0.5, 0.6) is 0 Å². The Labute approximate surface area is 140 Å². The van der Waals surface area contributed by atoms with Crippen molar-refractivity contribution in [1.82, 2.24) is 5.32 Å². The smallest absolute Gasteiger partial charge is 0.134 e. The summed E-state index contributed by atoms with van der Waals surface area (Å²) >= 11 is 6.15. The van der Waals surface area contributed by atoms with Gasteiger partial charge in [-0.05, 0) is 42.8 Å². The van der Waals surface area contributed by atoms with Gasteiger partial charge in [0.2, 0.25) is 0 Å². The van der Waals surface area contributed by atoms with Crippen molar-refractivity contribution in [1.29, 1.82) is 0 Å². The zero-order valence-corrected chi connectivity index (χ0v) is 13.7. The average Bonchev–Trinajstić information content (AvgIpc) is 3.14. The predicted octanol–water partition coefficient (Wildman–Crippen LogP) is 5.21. The van der Waals surface area contributed by atoms with Gasteiger partial charge in [-0.1, -0.05) is 23.7 Å². The Morgan fingerprint density at radius 1 is 1.00 bits per heavy atom. The minimum absolute atomic E-state index is 0. The molecule has 0 bridgehead atoms. The van der Waals surface area contributed by atoms with Crippen molar-refractivity contribution >= 4 is 24.0 Å². The van der Waals surface area contributed by atoms with Gasteiger partial charge in [0.25, 0.3) is 0 Å². The maximum atomic E-state index is 6.15. The van der Waals surface area contributed by atoms with Gasteiger partial charge in [0.1, 0.15) is 17.3 Å². The molecule has 0 amide bonds. The largest absolute Gasteiger partial charge is 0.468 e. The van der Waals surface area contributed by atoms with Crippen molar-refractivity contribution in [3.8, 4) is 11.3 Å². The lowest BCUT2D eigenvalue weighted by molar-refractivity contribution is 0.455. The van der Waals surface area contributed by atoms with E-state index in [9.17, 15) is 0 Å². The van der Waals surface area contributed by atoms with Crippen LogP contribution in [0.25, 0.3) is 11.3 Å². The second-order valence-corrected chi connectivity index (χ2v) is 5.27. The lowest BCUT2D eigenvalue weighted by Gasteiger charge is -2.04. The molecule has 0 saturated heterocycles. The number of hydrogen-bond donors (Lipinski definition) is 1. The Morgan fingerprint density at radius 3 is 2.59 bits per heavy atom. The van der Waals surface area contributed by atoms with E-state index in [1.54, 1.807) is 6.26 Å². The fourth-order valence-electron chi connectivity index (χ4n) is 2.21. The van der Waals surface area contributed by atoms with Crippen LogP contribution in [-0.4, -0.2) is 0 Å². The zero-order chi connectivity index (χ0) is 14.7. The predicted molar refractivity (Wildman–Crippen MR) is 90.4 cm³/mol. The average molecular weight is 338 g/mol. The number of benzene rings is 1. The van der Waals surface area contributed by atoms with Gasteiger partial charge < -0.3 is 14.2 Å². The van der Waals surface area contributed by atoms with E-state index in [1.807, 2.05) is 49.4 Å². The molecule has 0 spiro atoms. The van der Waals surface area contributed by atoms with E-state index in [1.165, 1.54) is 0 Å². The summed E-state index contributed by atoms with van der Waals surface area (Å²) in [6.45, 7) is 3.33. The molecule has 2 aromatic heterocycles. The standard InChI is InChI=1S/C17H16ClNO2.ClH/c1-12-15(5-2-6-16(12)18)17-8-7-14(21-17)11-19-10-13-4-3-9-20-13;/h2-9,19H,10-11H2,1H3;1H. The van der Waals surface area contributed by atoms with Crippen LogP contribution in [0.4, 0.5) is 0 Å². The molecular weight excluding hydrogens is 321 g/mol. The van der Waals surface area contributed by atoms with Crippen LogP contribution in [0.3, 0.4) is 0 Å². The van der Waals surface area contributed by atoms with Gasteiger partial charge >= 0.3 is 0 Å². The van der Waals surface area contributed by atoms with Crippen LogP contribution in [0.2, 0.25) is 5.02 Å². The van der Waals surface area contributed by atoms with E-state index < -0.39 is 0 Å². The molecule has 0 saturated carbocycles. The van der Waals surface area contributed by atoms with Gasteiger partial charge in [-0.3, -0.25) is 0 Å². The second kappa shape index (κ2) is 7.54. The maximum Gasteiger partial charge on any atom is 0.134 e. The maximum absolute atomic E-state index is 6.15. The van der Waals surface area contributed by atoms with Crippen LogP contribution in [0.1, 0.15) is 17.1 Å². The molecular formula is C17H17Cl2NO2. The van der Waals surface area contributed by atoms with E-state index in [2.05, 4.69) is 5.32 Å². The summed E-state index contributed by atoms with van der Waals surface area (Å²) in [5, 5.41) is 4.03. The lowest BCUT2D eigenvalue weighted by atomic mass is 10.1. The molecule has 2 heterocycles. The molecule has 116 valence electrons. The monoisotopic (exact) mass is 337 g/mol. The van der Waals surface area contributed by atoms with E-state index in [-0.39, 0.29) is 12.4 Å². The van der Waals surface area contributed by atoms with Crippen LogP contribution in [-0.2, 0) is 13.1 Å². The lowest BCUT2D eigenvalue weighted by Crippen LogP contribution is -2.11. The molecule has 0 radical (unpaired) electrons. The fraction of sp³-hybridized carbons (Fsp3) is 0.176. The second-order valence-electron chi connectivity index (χ2n) is 4.86. The first-order valence-corrected chi connectivity index (χ1v) is 7.19. The van der Waals surface area contributed by atoms with Crippen LogP contribution in [0.15, 0.2) is 57.6 Å². The highest BCUT2D eigenvalue weighted by atomic mass is 35.5. The van der Waals surface area contributed by atoms with E-state index >= 15 is 0 Å².